The molecule has 15 heavy (non-hydrogen) atoms. The fourth-order valence-corrected chi connectivity index (χ4v) is 2.99. The predicted molar refractivity (Wildman–Crippen MR) is 62.5 cm³/mol. The lowest BCUT2D eigenvalue weighted by Gasteiger charge is -1.99. The second-order valence-electron chi connectivity index (χ2n) is 3.32. The molecule has 4 nitrogen and oxygen atoms in total. The highest BCUT2D eigenvalue weighted by Crippen LogP contribution is 2.34. The normalized spacial score (nSPS) is 11.6. The zero-order valence-electron chi connectivity index (χ0n) is 7.86. The molecule has 2 heterocycles. The van der Waals surface area contributed by atoms with Crippen LogP contribution < -0.4 is 5.73 Å². The third kappa shape index (κ3) is 1.07. The zero-order chi connectivity index (χ0) is 10.6. The summed E-state index contributed by atoms with van der Waals surface area (Å²) >= 11 is 7.62. The summed E-state index contributed by atoms with van der Waals surface area (Å²) in [5.41, 5.74) is 7.88. The molecule has 0 fully saturated rings. The number of aryl methyl sites for hydroxylation is 1. The molecular weight excluding hydrogens is 232 g/mol. The smallest absolute Gasteiger partial charge is 0.227 e. The molecule has 6 heteroatoms. The largest absolute Gasteiger partial charge is 0.368 e. The molecule has 76 valence electrons. The van der Waals surface area contributed by atoms with E-state index in [1.54, 1.807) is 0 Å². The first-order valence-electron chi connectivity index (χ1n) is 4.36. The molecule has 0 saturated heterocycles. The average Bonchev–Trinajstić information content (AvgIpc) is 2.74. The van der Waals surface area contributed by atoms with Crippen LogP contribution in [-0.4, -0.2) is 14.6 Å². The van der Waals surface area contributed by atoms with E-state index >= 15 is 0 Å². The van der Waals surface area contributed by atoms with Crippen LogP contribution >= 0.6 is 22.9 Å². The Kier molecular flexibility index (Phi) is 1.69. The third-order valence-corrected chi connectivity index (χ3v) is 3.85. The standard InChI is InChI=1S/C9H7ClN4S/c1-4-2-3-5(10)7-6(4)14-8(11)12-13-9(14)15-7/h2-3H,1H3,(H2,11,12). The molecule has 0 amide bonds. The van der Waals surface area contributed by atoms with Gasteiger partial charge in [-0.25, -0.2) is 0 Å². The SMILES string of the molecule is Cc1ccc(Cl)c2sc3nnc(N)n3c12. The highest BCUT2D eigenvalue weighted by Gasteiger charge is 2.13. The maximum Gasteiger partial charge on any atom is 0.227 e. The van der Waals surface area contributed by atoms with E-state index in [-0.39, 0.29) is 0 Å². The summed E-state index contributed by atoms with van der Waals surface area (Å²) in [6.07, 6.45) is 0. The van der Waals surface area contributed by atoms with Crippen LogP contribution in [0.1, 0.15) is 5.56 Å². The molecule has 2 aromatic heterocycles. The van der Waals surface area contributed by atoms with E-state index in [1.807, 2.05) is 23.5 Å². The molecule has 3 rings (SSSR count). The van der Waals surface area contributed by atoms with Crippen molar-refractivity contribution >= 4 is 44.1 Å². The Morgan fingerprint density at radius 1 is 1.40 bits per heavy atom. The van der Waals surface area contributed by atoms with Gasteiger partial charge in [-0.3, -0.25) is 4.40 Å². The quantitative estimate of drug-likeness (QED) is 0.655. The minimum absolute atomic E-state index is 0.404. The maximum atomic E-state index is 6.12. The summed E-state index contributed by atoms with van der Waals surface area (Å²) in [5.74, 6) is 0.404. The van der Waals surface area contributed by atoms with Gasteiger partial charge in [0.1, 0.15) is 0 Å². The number of halogens is 1. The maximum absolute atomic E-state index is 6.12. The molecule has 1 aromatic carbocycles. The summed E-state index contributed by atoms with van der Waals surface area (Å²) in [4.78, 5) is 0.777. The Bertz CT molecular complexity index is 669. The minimum atomic E-state index is 0.404. The Morgan fingerprint density at radius 3 is 3.00 bits per heavy atom. The third-order valence-electron chi connectivity index (χ3n) is 2.36. The first kappa shape index (κ1) is 8.94. The van der Waals surface area contributed by atoms with Crippen molar-refractivity contribution in [2.24, 2.45) is 0 Å². The number of anilines is 1. The number of thiazole rings is 1. The number of hydrogen-bond acceptors (Lipinski definition) is 4. The van der Waals surface area contributed by atoms with Gasteiger partial charge in [-0.1, -0.05) is 29.0 Å². The van der Waals surface area contributed by atoms with E-state index < -0.39 is 0 Å². The van der Waals surface area contributed by atoms with Crippen molar-refractivity contribution in [3.63, 3.8) is 0 Å². The van der Waals surface area contributed by atoms with Crippen LogP contribution in [0.15, 0.2) is 12.1 Å². The second kappa shape index (κ2) is 2.84. The molecule has 0 unspecified atom stereocenters. The number of aromatic nitrogens is 3. The van der Waals surface area contributed by atoms with Gasteiger partial charge in [-0.15, -0.1) is 10.2 Å². The first-order valence-corrected chi connectivity index (χ1v) is 5.56. The summed E-state index contributed by atoms with van der Waals surface area (Å²) in [6.45, 7) is 2.02. The predicted octanol–water partition coefficient (Wildman–Crippen LogP) is 2.49. The van der Waals surface area contributed by atoms with Crippen LogP contribution in [-0.2, 0) is 0 Å². The number of hydrogen-bond donors (Lipinski definition) is 1. The van der Waals surface area contributed by atoms with E-state index in [9.17, 15) is 0 Å². The lowest BCUT2D eigenvalue weighted by Crippen LogP contribution is -1.93. The average molecular weight is 239 g/mol. The topological polar surface area (TPSA) is 56.2 Å². The fraction of sp³-hybridized carbons (Fsp3) is 0.111. The summed E-state index contributed by atoms with van der Waals surface area (Å²) in [7, 11) is 0. The Labute approximate surface area is 94.3 Å². The lowest BCUT2D eigenvalue weighted by molar-refractivity contribution is 1.12. The second-order valence-corrected chi connectivity index (χ2v) is 4.70. The van der Waals surface area contributed by atoms with Crippen molar-refractivity contribution in [2.45, 2.75) is 6.92 Å². The van der Waals surface area contributed by atoms with E-state index in [4.69, 9.17) is 17.3 Å². The molecule has 2 N–H and O–H groups in total. The van der Waals surface area contributed by atoms with Gasteiger partial charge in [0.2, 0.25) is 10.9 Å². The van der Waals surface area contributed by atoms with Gasteiger partial charge in [0, 0.05) is 0 Å². The first-order chi connectivity index (χ1) is 7.18. The van der Waals surface area contributed by atoms with Crippen molar-refractivity contribution in [3.8, 4) is 0 Å². The van der Waals surface area contributed by atoms with Crippen molar-refractivity contribution in [2.75, 3.05) is 5.73 Å². The highest BCUT2D eigenvalue weighted by molar-refractivity contribution is 7.24. The monoisotopic (exact) mass is 238 g/mol. The summed E-state index contributed by atoms with van der Waals surface area (Å²) in [5, 5.41) is 8.55. The fourth-order valence-electron chi connectivity index (χ4n) is 1.67. The number of nitrogen functional groups attached to an aromatic ring is 1. The van der Waals surface area contributed by atoms with Crippen LogP contribution in [0.2, 0.25) is 5.02 Å². The Morgan fingerprint density at radius 2 is 2.20 bits per heavy atom. The number of fused-ring (bicyclic) bond motifs is 3. The van der Waals surface area contributed by atoms with Gasteiger partial charge < -0.3 is 5.73 Å². The molecule has 0 atom stereocenters. The van der Waals surface area contributed by atoms with Crippen LogP contribution in [0.3, 0.4) is 0 Å². The molecule has 0 radical (unpaired) electrons. The van der Waals surface area contributed by atoms with Gasteiger partial charge in [-0.05, 0) is 18.6 Å². The number of rotatable bonds is 0. The van der Waals surface area contributed by atoms with E-state index in [2.05, 4.69) is 10.2 Å². The number of nitrogens with two attached hydrogens (primary N) is 1. The van der Waals surface area contributed by atoms with Gasteiger partial charge in [0.05, 0.1) is 15.2 Å². The van der Waals surface area contributed by atoms with Gasteiger partial charge in [0.15, 0.2) is 0 Å². The summed E-state index contributed by atoms with van der Waals surface area (Å²) < 4.78 is 2.84. The zero-order valence-corrected chi connectivity index (χ0v) is 9.43. The van der Waals surface area contributed by atoms with Gasteiger partial charge >= 0.3 is 0 Å². The van der Waals surface area contributed by atoms with Crippen molar-refractivity contribution in [3.05, 3.63) is 22.7 Å². The minimum Gasteiger partial charge on any atom is -0.368 e. The van der Waals surface area contributed by atoms with Crippen LogP contribution in [0.4, 0.5) is 5.95 Å². The van der Waals surface area contributed by atoms with E-state index in [0.717, 1.165) is 25.8 Å². The molecular formula is C9H7ClN4S. The van der Waals surface area contributed by atoms with E-state index in [0.29, 0.717) is 5.95 Å². The highest BCUT2D eigenvalue weighted by atomic mass is 35.5. The molecule has 3 aromatic rings. The van der Waals surface area contributed by atoms with Crippen LogP contribution in [0, 0.1) is 6.92 Å². The molecule has 0 aliphatic carbocycles. The van der Waals surface area contributed by atoms with Crippen molar-refractivity contribution < 1.29 is 0 Å². The Balaban J connectivity index is 2.68. The molecule has 0 spiro atoms. The molecule has 0 aliphatic rings. The molecule has 0 aliphatic heterocycles. The van der Waals surface area contributed by atoms with Crippen molar-refractivity contribution in [1.82, 2.24) is 14.6 Å². The van der Waals surface area contributed by atoms with Crippen LogP contribution in [0.25, 0.3) is 15.2 Å². The lowest BCUT2D eigenvalue weighted by atomic mass is 10.2. The molecule has 0 bridgehead atoms. The molecule has 0 saturated carbocycles. The van der Waals surface area contributed by atoms with Crippen molar-refractivity contribution in [1.29, 1.82) is 0 Å². The summed E-state index contributed by atoms with van der Waals surface area (Å²) in [6, 6.07) is 3.86. The van der Waals surface area contributed by atoms with Gasteiger partial charge in [-0.2, -0.15) is 0 Å². The van der Waals surface area contributed by atoms with Crippen LogP contribution in [0.5, 0.6) is 0 Å². The number of benzene rings is 1. The van der Waals surface area contributed by atoms with Gasteiger partial charge in [0.25, 0.3) is 0 Å². The number of nitrogens with zero attached hydrogens (tertiary/aromatic N) is 3. The van der Waals surface area contributed by atoms with E-state index in [1.165, 1.54) is 11.3 Å². The Hall–Kier alpha value is -1.33.